The van der Waals surface area contributed by atoms with Gasteiger partial charge in [0.15, 0.2) is 12.6 Å². The quantitative estimate of drug-likeness (QED) is 0.0518. The average Bonchev–Trinajstić information content (AvgIpc) is 3.45. The summed E-state index contributed by atoms with van der Waals surface area (Å²) >= 11 is 0. The molecule has 2 aliphatic rings. The van der Waals surface area contributed by atoms with Crippen LogP contribution in [0.1, 0.15) is 38.9 Å². The van der Waals surface area contributed by atoms with Crippen molar-refractivity contribution in [3.05, 3.63) is 251 Å². The normalized spacial score (nSPS) is 24.0. The molecule has 2 heterocycles. The van der Waals surface area contributed by atoms with Crippen molar-refractivity contribution in [2.45, 2.75) is 108 Å². The molecule has 0 bridgehead atoms. The molecular weight excluding hydrogens is 921 g/mol. The molecule has 2 aliphatic heterocycles. The number of hydrogen-bond acceptors (Lipinski definition) is 11. The molecule has 10 atom stereocenters. The van der Waals surface area contributed by atoms with Crippen molar-refractivity contribution in [3.63, 3.8) is 0 Å². The number of ether oxygens (including phenoxy) is 11. The highest BCUT2D eigenvalue weighted by Crippen LogP contribution is 2.37. The van der Waals surface area contributed by atoms with E-state index in [2.05, 4.69) is 0 Å². The lowest BCUT2D eigenvalue weighted by Gasteiger charge is -2.50. The minimum atomic E-state index is -1.10. The molecule has 7 aromatic rings. The van der Waals surface area contributed by atoms with Crippen LogP contribution in [0.25, 0.3) is 0 Å². The Bertz CT molecular complexity index is 2560. The SMILES string of the molecule is CO[C@@H]1OC(COCc2ccccc2)[C@@H](OCc2ccccc2)[C@@H](OCc2ccccc2)C1O[C@H]1OC(COCc2ccccc2)[C@H](OCc2ccccc2)[C@@H](OCc2ccccc2)C1OCc1ccccc1. The Morgan fingerprint density at radius 3 is 0.863 bits per heavy atom. The first-order valence-corrected chi connectivity index (χ1v) is 25.2. The van der Waals surface area contributed by atoms with Gasteiger partial charge in [-0.3, -0.25) is 0 Å². The van der Waals surface area contributed by atoms with Crippen molar-refractivity contribution in [3.8, 4) is 0 Å². The Hall–Kier alpha value is -5.90. The summed E-state index contributed by atoms with van der Waals surface area (Å²) in [6.07, 6.45) is -8.11. The van der Waals surface area contributed by atoms with E-state index >= 15 is 0 Å². The van der Waals surface area contributed by atoms with Gasteiger partial charge in [-0.05, 0) is 38.9 Å². The van der Waals surface area contributed by atoms with Crippen molar-refractivity contribution in [1.29, 1.82) is 0 Å². The minimum absolute atomic E-state index is 0.150. The number of benzene rings is 7. The molecule has 380 valence electrons. The summed E-state index contributed by atoms with van der Waals surface area (Å²) in [6.45, 7) is 2.38. The van der Waals surface area contributed by atoms with Gasteiger partial charge in [-0.15, -0.1) is 0 Å². The molecule has 0 saturated carbocycles. The van der Waals surface area contributed by atoms with Gasteiger partial charge in [-0.2, -0.15) is 0 Å². The lowest BCUT2D eigenvalue weighted by Crippen LogP contribution is -2.66. The summed E-state index contributed by atoms with van der Waals surface area (Å²) in [4.78, 5) is 0. The average molecular weight is 987 g/mol. The van der Waals surface area contributed by atoms with Crippen LogP contribution in [-0.2, 0) is 98.4 Å². The summed E-state index contributed by atoms with van der Waals surface area (Å²) in [5, 5.41) is 0. The molecule has 2 saturated heterocycles. The standard InChI is InChI=1S/C62H66O11/c1-63-61-60(58(69-42-51-33-19-7-20-34-51)56(67-40-49-29-15-5-16-30-49)53(71-61)44-64-37-46-23-9-2-10-24-46)73-62-59(70-43-52-35-21-8-22-36-52)57(68-41-50-31-17-6-18-32-50)55(66-39-48-27-13-4-14-28-48)54(72-62)45-65-38-47-25-11-3-12-26-47/h2-36,53-62H,37-45H2,1H3/t53?,54?,55-,56+,57+,58+,59?,60?,61+,62+/m0/s1. The Kier molecular flexibility index (Phi) is 19.9. The summed E-state index contributed by atoms with van der Waals surface area (Å²) in [6, 6.07) is 70.4. The molecular formula is C62H66O11. The Morgan fingerprint density at radius 1 is 0.288 bits per heavy atom. The zero-order valence-electron chi connectivity index (χ0n) is 41.3. The molecule has 11 heteroatoms. The zero-order chi connectivity index (χ0) is 49.7. The fourth-order valence-electron chi connectivity index (χ4n) is 9.15. The van der Waals surface area contributed by atoms with Crippen LogP contribution in [-0.4, -0.2) is 81.7 Å². The van der Waals surface area contributed by atoms with E-state index < -0.39 is 61.4 Å². The molecule has 73 heavy (non-hydrogen) atoms. The number of methoxy groups -OCH3 is 1. The molecule has 0 amide bonds. The van der Waals surface area contributed by atoms with E-state index in [-0.39, 0.29) is 46.2 Å². The van der Waals surface area contributed by atoms with E-state index in [1.165, 1.54) is 0 Å². The van der Waals surface area contributed by atoms with Crippen LogP contribution in [0.2, 0.25) is 0 Å². The summed E-state index contributed by atoms with van der Waals surface area (Å²) in [5.41, 5.74) is 6.97. The molecule has 0 spiro atoms. The molecule has 11 nitrogen and oxygen atoms in total. The van der Waals surface area contributed by atoms with E-state index in [4.69, 9.17) is 52.1 Å². The predicted molar refractivity (Wildman–Crippen MR) is 276 cm³/mol. The highest BCUT2D eigenvalue weighted by molar-refractivity contribution is 5.19. The van der Waals surface area contributed by atoms with Gasteiger partial charge in [0.25, 0.3) is 0 Å². The van der Waals surface area contributed by atoms with Gasteiger partial charge in [0.1, 0.15) is 48.8 Å². The Balaban J connectivity index is 1.09. The van der Waals surface area contributed by atoms with E-state index in [0.717, 1.165) is 38.9 Å². The predicted octanol–water partition coefficient (Wildman–Crippen LogP) is 10.8. The lowest BCUT2D eigenvalue weighted by atomic mass is 9.96. The van der Waals surface area contributed by atoms with Gasteiger partial charge < -0.3 is 52.1 Å². The first kappa shape index (κ1) is 52.0. The maximum atomic E-state index is 7.40. The summed E-state index contributed by atoms with van der Waals surface area (Å²) < 4.78 is 75.8. The van der Waals surface area contributed by atoms with Crippen LogP contribution in [0.4, 0.5) is 0 Å². The van der Waals surface area contributed by atoms with Crippen molar-refractivity contribution in [2.75, 3.05) is 20.3 Å². The molecule has 2 fully saturated rings. The smallest absolute Gasteiger partial charge is 0.187 e. The number of hydrogen-bond donors (Lipinski definition) is 0. The van der Waals surface area contributed by atoms with Crippen LogP contribution in [0.5, 0.6) is 0 Å². The Labute approximate surface area is 429 Å². The Morgan fingerprint density at radius 2 is 0.548 bits per heavy atom. The fourth-order valence-corrected chi connectivity index (χ4v) is 9.15. The second-order valence-electron chi connectivity index (χ2n) is 18.2. The van der Waals surface area contributed by atoms with Gasteiger partial charge in [0, 0.05) is 7.11 Å². The summed E-state index contributed by atoms with van der Waals surface area (Å²) in [5.74, 6) is 0. The zero-order valence-corrected chi connectivity index (χ0v) is 41.3. The fraction of sp³-hybridized carbons (Fsp3) is 0.323. The monoisotopic (exact) mass is 986 g/mol. The highest BCUT2D eigenvalue weighted by Gasteiger charge is 2.54. The maximum Gasteiger partial charge on any atom is 0.187 e. The third-order valence-electron chi connectivity index (χ3n) is 12.9. The third-order valence-corrected chi connectivity index (χ3v) is 12.9. The lowest BCUT2D eigenvalue weighted by molar-refractivity contribution is -0.381. The van der Waals surface area contributed by atoms with Gasteiger partial charge in [-0.25, -0.2) is 0 Å². The number of rotatable bonds is 26. The first-order valence-electron chi connectivity index (χ1n) is 25.2. The minimum Gasteiger partial charge on any atom is -0.374 e. The van der Waals surface area contributed by atoms with Crippen molar-refractivity contribution in [2.24, 2.45) is 0 Å². The van der Waals surface area contributed by atoms with Crippen LogP contribution in [0, 0.1) is 0 Å². The van der Waals surface area contributed by atoms with Crippen molar-refractivity contribution in [1.82, 2.24) is 0 Å². The van der Waals surface area contributed by atoms with Crippen molar-refractivity contribution >= 4 is 0 Å². The van der Waals surface area contributed by atoms with Gasteiger partial charge in [-0.1, -0.05) is 212 Å². The first-order chi connectivity index (χ1) is 36.2. The van der Waals surface area contributed by atoms with Crippen LogP contribution < -0.4 is 0 Å². The molecule has 7 aromatic carbocycles. The van der Waals surface area contributed by atoms with E-state index in [1.54, 1.807) is 7.11 Å². The summed E-state index contributed by atoms with van der Waals surface area (Å²) in [7, 11) is 1.60. The van der Waals surface area contributed by atoms with Gasteiger partial charge in [0.2, 0.25) is 0 Å². The highest BCUT2D eigenvalue weighted by atomic mass is 16.8. The third kappa shape index (κ3) is 15.3. The molecule has 0 aromatic heterocycles. The van der Waals surface area contributed by atoms with Crippen LogP contribution >= 0.6 is 0 Å². The second kappa shape index (κ2) is 28.0. The molecule has 0 aliphatic carbocycles. The molecule has 0 N–H and O–H groups in total. The molecule has 9 rings (SSSR count). The topological polar surface area (TPSA) is 102 Å². The van der Waals surface area contributed by atoms with E-state index in [0.29, 0.717) is 13.2 Å². The largest absolute Gasteiger partial charge is 0.374 e. The van der Waals surface area contributed by atoms with Crippen LogP contribution in [0.15, 0.2) is 212 Å². The van der Waals surface area contributed by atoms with E-state index in [9.17, 15) is 0 Å². The maximum absolute atomic E-state index is 7.40. The van der Waals surface area contributed by atoms with Gasteiger partial charge in [0.05, 0.1) is 59.5 Å². The molecule has 0 radical (unpaired) electrons. The second-order valence-corrected chi connectivity index (χ2v) is 18.2. The van der Waals surface area contributed by atoms with Gasteiger partial charge >= 0.3 is 0 Å². The van der Waals surface area contributed by atoms with Crippen molar-refractivity contribution < 1.29 is 52.1 Å². The van der Waals surface area contributed by atoms with E-state index in [1.807, 2.05) is 212 Å². The molecule has 4 unspecified atom stereocenters. The van der Waals surface area contributed by atoms with Crippen LogP contribution in [0.3, 0.4) is 0 Å².